The zero-order chi connectivity index (χ0) is 21.0. The lowest BCUT2D eigenvalue weighted by Crippen LogP contribution is -2.42. The van der Waals surface area contributed by atoms with Gasteiger partial charge >= 0.3 is 12.2 Å². The molecule has 1 aromatic carbocycles. The number of nitrogens with two attached hydrogens (primary N) is 1. The Morgan fingerprint density at radius 2 is 1.86 bits per heavy atom. The van der Waals surface area contributed by atoms with Gasteiger partial charge in [-0.2, -0.15) is 13.2 Å². The zero-order valence-electron chi connectivity index (χ0n) is 15.4. The second-order valence-corrected chi connectivity index (χ2v) is 6.72. The molecular weight excluding hydrogens is 387 g/mol. The minimum absolute atomic E-state index is 0.130. The molecule has 0 aliphatic carbocycles. The summed E-state index contributed by atoms with van der Waals surface area (Å²) in [5.74, 6) is -0.972. The van der Waals surface area contributed by atoms with Crippen molar-refractivity contribution in [3.63, 3.8) is 0 Å². The number of amides is 3. The lowest BCUT2D eigenvalue weighted by molar-refractivity contribution is -0.137. The van der Waals surface area contributed by atoms with Crippen LogP contribution in [-0.4, -0.2) is 30.0 Å². The Hall–Kier alpha value is -3.30. The topological polar surface area (TPSA) is 100 Å². The number of hydrogen-bond donors (Lipinski definition) is 3. The highest BCUT2D eigenvalue weighted by molar-refractivity contribution is 5.94. The highest BCUT2D eigenvalue weighted by atomic mass is 19.4. The van der Waals surface area contributed by atoms with Crippen molar-refractivity contribution in [3.05, 3.63) is 48.2 Å². The summed E-state index contributed by atoms with van der Waals surface area (Å²) in [6, 6.07) is 7.94. The summed E-state index contributed by atoms with van der Waals surface area (Å²) in [7, 11) is 0. The molecule has 29 heavy (non-hydrogen) atoms. The Labute approximate surface area is 165 Å². The molecule has 0 spiro atoms. The zero-order valence-corrected chi connectivity index (χ0v) is 15.4. The number of nitrogens with zero attached hydrogens (tertiary/aromatic N) is 2. The molecule has 3 amide bonds. The van der Waals surface area contributed by atoms with E-state index in [1.807, 2.05) is 0 Å². The molecule has 0 radical (unpaired) electrons. The Balaban J connectivity index is 1.72. The first-order chi connectivity index (χ1) is 13.7. The van der Waals surface area contributed by atoms with Crippen molar-refractivity contribution in [1.29, 1.82) is 0 Å². The maximum Gasteiger partial charge on any atom is 0.419 e. The first-order valence-corrected chi connectivity index (χ1v) is 8.98. The maximum atomic E-state index is 13.3. The van der Waals surface area contributed by atoms with Crippen LogP contribution in [0.3, 0.4) is 0 Å². The molecule has 1 aromatic heterocycles. The summed E-state index contributed by atoms with van der Waals surface area (Å²) in [6.07, 6.45) is -2.09. The summed E-state index contributed by atoms with van der Waals surface area (Å²) < 4.78 is 39.9. The van der Waals surface area contributed by atoms with E-state index >= 15 is 0 Å². The molecule has 10 heteroatoms. The number of aromatic nitrogens is 1. The van der Waals surface area contributed by atoms with Crippen LogP contribution >= 0.6 is 0 Å². The molecule has 1 aliphatic heterocycles. The number of piperidine rings is 1. The quantitative estimate of drug-likeness (QED) is 0.723. The summed E-state index contributed by atoms with van der Waals surface area (Å²) in [5.41, 5.74) is 5.13. The number of urea groups is 1. The first-order valence-electron chi connectivity index (χ1n) is 8.98. The van der Waals surface area contributed by atoms with Gasteiger partial charge in [-0.3, -0.25) is 4.79 Å². The SMILES string of the molecule is NC(=O)Nc1cccc(NC(=O)C2CCCN(c3ncccc3C(F)(F)F)C2)c1. The van der Waals surface area contributed by atoms with Gasteiger partial charge in [0.2, 0.25) is 5.91 Å². The number of alkyl halides is 3. The second kappa shape index (κ2) is 8.38. The average Bonchev–Trinajstić information content (AvgIpc) is 2.67. The fourth-order valence-electron chi connectivity index (χ4n) is 3.32. The Morgan fingerprint density at radius 3 is 2.55 bits per heavy atom. The molecule has 1 atom stereocenters. The fraction of sp³-hybridized carbons (Fsp3) is 0.316. The van der Waals surface area contributed by atoms with E-state index in [9.17, 15) is 22.8 Å². The molecule has 1 saturated heterocycles. The molecular formula is C19H20F3N5O2. The standard InChI is InChI=1S/C19H20F3N5O2/c20-19(21,22)15-7-2-8-24-16(15)27-9-3-4-12(11-27)17(28)25-13-5-1-6-14(10-13)26-18(23)29/h1-2,5-8,10,12H,3-4,9,11H2,(H,25,28)(H3,23,26,29). The average molecular weight is 407 g/mol. The second-order valence-electron chi connectivity index (χ2n) is 6.72. The molecule has 3 rings (SSSR count). The number of pyridine rings is 1. The molecule has 0 saturated carbocycles. The van der Waals surface area contributed by atoms with Gasteiger partial charge in [0.25, 0.3) is 0 Å². The van der Waals surface area contributed by atoms with Gasteiger partial charge in [-0.15, -0.1) is 0 Å². The van der Waals surface area contributed by atoms with E-state index in [-0.39, 0.29) is 18.3 Å². The van der Waals surface area contributed by atoms with Crippen molar-refractivity contribution >= 4 is 29.1 Å². The third-order valence-corrected chi connectivity index (χ3v) is 4.58. The largest absolute Gasteiger partial charge is 0.419 e. The Kier molecular flexibility index (Phi) is 5.90. The van der Waals surface area contributed by atoms with Gasteiger partial charge in [-0.05, 0) is 43.2 Å². The highest BCUT2D eigenvalue weighted by Crippen LogP contribution is 2.36. The van der Waals surface area contributed by atoms with Gasteiger partial charge in [0, 0.05) is 30.7 Å². The Morgan fingerprint density at radius 1 is 1.14 bits per heavy atom. The van der Waals surface area contributed by atoms with Crippen LogP contribution in [0.25, 0.3) is 0 Å². The molecule has 7 nitrogen and oxygen atoms in total. The van der Waals surface area contributed by atoms with Crippen LogP contribution in [-0.2, 0) is 11.0 Å². The number of nitrogens with one attached hydrogen (secondary N) is 2. The van der Waals surface area contributed by atoms with Gasteiger partial charge in [-0.1, -0.05) is 6.07 Å². The Bertz CT molecular complexity index is 903. The van der Waals surface area contributed by atoms with E-state index < -0.39 is 23.7 Å². The van der Waals surface area contributed by atoms with E-state index in [0.29, 0.717) is 30.8 Å². The lowest BCUT2D eigenvalue weighted by Gasteiger charge is -2.34. The molecule has 1 unspecified atom stereocenters. The molecule has 1 aliphatic rings. The number of anilines is 3. The van der Waals surface area contributed by atoms with E-state index in [4.69, 9.17) is 5.73 Å². The van der Waals surface area contributed by atoms with Crippen LogP contribution in [0, 0.1) is 5.92 Å². The van der Waals surface area contributed by atoms with Gasteiger partial charge in [0.1, 0.15) is 5.82 Å². The van der Waals surface area contributed by atoms with E-state index in [1.54, 1.807) is 24.3 Å². The van der Waals surface area contributed by atoms with Crippen LogP contribution < -0.4 is 21.3 Å². The van der Waals surface area contributed by atoms with E-state index in [0.717, 1.165) is 6.07 Å². The molecule has 2 aromatic rings. The maximum absolute atomic E-state index is 13.3. The fourth-order valence-corrected chi connectivity index (χ4v) is 3.32. The van der Waals surface area contributed by atoms with Gasteiger partial charge in [0.15, 0.2) is 0 Å². The van der Waals surface area contributed by atoms with Crippen LogP contribution in [0.1, 0.15) is 18.4 Å². The lowest BCUT2D eigenvalue weighted by atomic mass is 9.96. The number of hydrogen-bond acceptors (Lipinski definition) is 4. The van der Waals surface area contributed by atoms with Crippen LogP contribution in [0.4, 0.5) is 35.2 Å². The van der Waals surface area contributed by atoms with Gasteiger partial charge in [0.05, 0.1) is 11.5 Å². The predicted molar refractivity (Wildman–Crippen MR) is 102 cm³/mol. The third-order valence-electron chi connectivity index (χ3n) is 4.58. The normalized spacial score (nSPS) is 16.9. The van der Waals surface area contributed by atoms with Gasteiger partial charge in [-0.25, -0.2) is 9.78 Å². The minimum Gasteiger partial charge on any atom is -0.355 e. The molecule has 4 N–H and O–H groups in total. The summed E-state index contributed by atoms with van der Waals surface area (Å²) in [6.45, 7) is 0.521. The van der Waals surface area contributed by atoms with Crippen molar-refractivity contribution in [2.24, 2.45) is 11.7 Å². The molecule has 1 fully saturated rings. The molecule has 154 valence electrons. The van der Waals surface area contributed by atoms with Crippen molar-refractivity contribution in [3.8, 4) is 0 Å². The summed E-state index contributed by atoms with van der Waals surface area (Å²) >= 11 is 0. The van der Waals surface area contributed by atoms with Gasteiger partial charge < -0.3 is 21.3 Å². The van der Waals surface area contributed by atoms with Crippen molar-refractivity contribution in [2.45, 2.75) is 19.0 Å². The van der Waals surface area contributed by atoms with Crippen molar-refractivity contribution in [1.82, 2.24) is 4.98 Å². The van der Waals surface area contributed by atoms with Crippen molar-refractivity contribution in [2.75, 3.05) is 28.6 Å². The predicted octanol–water partition coefficient (Wildman–Crippen LogP) is 3.45. The van der Waals surface area contributed by atoms with Crippen molar-refractivity contribution < 1.29 is 22.8 Å². The smallest absolute Gasteiger partial charge is 0.355 e. The molecule has 2 heterocycles. The summed E-state index contributed by atoms with van der Waals surface area (Å²) in [4.78, 5) is 29.0. The van der Waals surface area contributed by atoms with Crippen LogP contribution in [0.15, 0.2) is 42.6 Å². The third kappa shape index (κ3) is 5.15. The molecule has 0 bridgehead atoms. The van der Waals surface area contributed by atoms with E-state index in [2.05, 4.69) is 15.6 Å². The monoisotopic (exact) mass is 407 g/mol. The number of carbonyl (C=O) groups excluding carboxylic acids is 2. The van der Waals surface area contributed by atoms with Crippen LogP contribution in [0.2, 0.25) is 0 Å². The number of halogens is 3. The summed E-state index contributed by atoms with van der Waals surface area (Å²) in [5, 5.41) is 5.15. The minimum atomic E-state index is -4.52. The number of benzene rings is 1. The van der Waals surface area contributed by atoms with E-state index in [1.165, 1.54) is 17.2 Å². The highest BCUT2D eigenvalue weighted by Gasteiger charge is 2.37. The number of carbonyl (C=O) groups is 2. The van der Waals surface area contributed by atoms with Crippen LogP contribution in [0.5, 0.6) is 0 Å². The number of primary amides is 1. The first kappa shape index (κ1) is 20.4. The number of rotatable bonds is 4.